The number of rotatable bonds is 5. The summed E-state index contributed by atoms with van der Waals surface area (Å²) in [5, 5.41) is 2.06. The van der Waals surface area contributed by atoms with Crippen molar-refractivity contribution in [1.82, 2.24) is 4.98 Å². The van der Waals surface area contributed by atoms with Crippen LogP contribution in [0.25, 0.3) is 21.5 Å². The zero-order valence-electron chi connectivity index (χ0n) is 13.0. The van der Waals surface area contributed by atoms with Crippen LogP contribution in [0, 0.1) is 13.8 Å². The highest BCUT2D eigenvalue weighted by molar-refractivity contribution is 7.15. The maximum atomic E-state index is 6.29. The lowest BCUT2D eigenvalue weighted by Crippen LogP contribution is -1.99. The lowest BCUT2D eigenvalue weighted by atomic mass is 10.0. The number of halogens is 1. The summed E-state index contributed by atoms with van der Waals surface area (Å²) in [6.45, 7) is 5.00. The standard InChI is InChI=1S/C18H21ClN2S/c1-11-9-13(19)10-15-14(5-3-4-8-20)18(21-17(11)15)16-7-6-12(2)22-16/h6-7,9-10,21H,3-5,8,20H2,1-2H3. The van der Waals surface area contributed by atoms with E-state index in [-0.39, 0.29) is 0 Å². The molecule has 1 aromatic carbocycles. The van der Waals surface area contributed by atoms with Gasteiger partial charge in [0.25, 0.3) is 0 Å². The molecule has 3 N–H and O–H groups in total. The molecule has 3 rings (SSSR count). The van der Waals surface area contributed by atoms with Crippen LogP contribution < -0.4 is 5.73 Å². The number of hydrogen-bond donors (Lipinski definition) is 2. The average molecular weight is 333 g/mol. The summed E-state index contributed by atoms with van der Waals surface area (Å²) in [5.41, 5.74) is 10.7. The number of nitrogens with two attached hydrogens (primary N) is 1. The summed E-state index contributed by atoms with van der Waals surface area (Å²) in [6, 6.07) is 8.48. The van der Waals surface area contributed by atoms with Crippen LogP contribution in [0.15, 0.2) is 24.3 Å². The first kappa shape index (κ1) is 15.6. The van der Waals surface area contributed by atoms with E-state index in [4.69, 9.17) is 17.3 Å². The first-order valence-electron chi connectivity index (χ1n) is 7.67. The number of hydrogen-bond acceptors (Lipinski definition) is 2. The third-order valence-corrected chi connectivity index (χ3v) is 5.28. The smallest absolute Gasteiger partial charge is 0.0598 e. The second-order valence-electron chi connectivity index (χ2n) is 5.78. The first-order chi connectivity index (χ1) is 10.6. The maximum Gasteiger partial charge on any atom is 0.0598 e. The summed E-state index contributed by atoms with van der Waals surface area (Å²) >= 11 is 8.12. The Bertz CT molecular complexity index is 801. The number of aromatic nitrogens is 1. The molecule has 3 aromatic rings. The Hall–Kier alpha value is -1.29. The van der Waals surface area contributed by atoms with Crippen LogP contribution >= 0.6 is 22.9 Å². The molecule has 0 aliphatic heterocycles. The minimum absolute atomic E-state index is 0.746. The SMILES string of the molecule is Cc1ccc(-c2[nH]c3c(C)cc(Cl)cc3c2CCCCN)s1. The Balaban J connectivity index is 2.16. The molecule has 0 saturated carbocycles. The molecule has 2 nitrogen and oxygen atoms in total. The van der Waals surface area contributed by atoms with Gasteiger partial charge in [0, 0.05) is 20.8 Å². The highest BCUT2D eigenvalue weighted by atomic mass is 35.5. The van der Waals surface area contributed by atoms with Crippen LogP contribution in [0.2, 0.25) is 5.02 Å². The van der Waals surface area contributed by atoms with Gasteiger partial charge in [-0.2, -0.15) is 0 Å². The zero-order chi connectivity index (χ0) is 15.7. The van der Waals surface area contributed by atoms with Gasteiger partial charge in [0.2, 0.25) is 0 Å². The zero-order valence-corrected chi connectivity index (χ0v) is 14.6. The van der Waals surface area contributed by atoms with E-state index in [1.165, 1.54) is 37.5 Å². The largest absolute Gasteiger partial charge is 0.353 e. The van der Waals surface area contributed by atoms with Crippen LogP contribution in [-0.4, -0.2) is 11.5 Å². The van der Waals surface area contributed by atoms with Gasteiger partial charge in [-0.25, -0.2) is 0 Å². The van der Waals surface area contributed by atoms with E-state index in [2.05, 4.69) is 37.0 Å². The highest BCUT2D eigenvalue weighted by Crippen LogP contribution is 2.37. The summed E-state index contributed by atoms with van der Waals surface area (Å²) in [4.78, 5) is 6.26. The van der Waals surface area contributed by atoms with Crippen molar-refractivity contribution >= 4 is 33.8 Å². The molecule has 0 bridgehead atoms. The lowest BCUT2D eigenvalue weighted by Gasteiger charge is -2.04. The third kappa shape index (κ3) is 2.94. The predicted octanol–water partition coefficient (Wildman–Crippen LogP) is 5.45. The Kier molecular flexibility index (Phi) is 4.57. The van der Waals surface area contributed by atoms with E-state index < -0.39 is 0 Å². The number of thiophene rings is 1. The normalized spacial score (nSPS) is 11.5. The average Bonchev–Trinajstić information content (AvgIpc) is 3.04. The highest BCUT2D eigenvalue weighted by Gasteiger charge is 2.16. The van der Waals surface area contributed by atoms with Crippen molar-refractivity contribution in [2.45, 2.75) is 33.1 Å². The predicted molar refractivity (Wildman–Crippen MR) is 98.1 cm³/mol. The van der Waals surface area contributed by atoms with E-state index in [0.717, 1.165) is 30.8 Å². The van der Waals surface area contributed by atoms with Crippen molar-refractivity contribution in [2.75, 3.05) is 6.54 Å². The van der Waals surface area contributed by atoms with Gasteiger partial charge in [0.1, 0.15) is 0 Å². The molecule has 0 unspecified atom stereocenters. The van der Waals surface area contributed by atoms with Gasteiger partial charge >= 0.3 is 0 Å². The number of H-pyrrole nitrogens is 1. The molecule has 116 valence electrons. The number of aromatic amines is 1. The van der Waals surface area contributed by atoms with Gasteiger partial charge in [0.05, 0.1) is 10.6 Å². The van der Waals surface area contributed by atoms with Crippen LogP contribution in [0.1, 0.15) is 28.8 Å². The molecular formula is C18H21ClN2S. The van der Waals surface area contributed by atoms with E-state index in [0.29, 0.717) is 0 Å². The molecule has 0 saturated heterocycles. The molecule has 4 heteroatoms. The van der Waals surface area contributed by atoms with Gasteiger partial charge in [0.15, 0.2) is 0 Å². The quantitative estimate of drug-likeness (QED) is 0.599. The van der Waals surface area contributed by atoms with Gasteiger partial charge in [-0.15, -0.1) is 11.3 Å². The van der Waals surface area contributed by atoms with Crippen LogP contribution in [0.3, 0.4) is 0 Å². The van der Waals surface area contributed by atoms with E-state index in [9.17, 15) is 0 Å². The number of unbranched alkanes of at least 4 members (excludes halogenated alkanes) is 1. The number of nitrogens with one attached hydrogen (secondary N) is 1. The van der Waals surface area contributed by atoms with Gasteiger partial charge in [-0.1, -0.05) is 11.6 Å². The molecule has 22 heavy (non-hydrogen) atoms. The molecule has 0 radical (unpaired) electrons. The number of fused-ring (bicyclic) bond motifs is 1. The van der Waals surface area contributed by atoms with E-state index >= 15 is 0 Å². The third-order valence-electron chi connectivity index (χ3n) is 4.04. The van der Waals surface area contributed by atoms with Gasteiger partial charge < -0.3 is 10.7 Å². The van der Waals surface area contributed by atoms with Gasteiger partial charge in [-0.3, -0.25) is 0 Å². The number of benzene rings is 1. The molecule has 0 aliphatic rings. The van der Waals surface area contributed by atoms with Crippen molar-refractivity contribution in [2.24, 2.45) is 5.73 Å². The molecule has 2 heterocycles. The summed E-state index contributed by atoms with van der Waals surface area (Å²) in [7, 11) is 0. The first-order valence-corrected chi connectivity index (χ1v) is 8.87. The molecule has 0 amide bonds. The Labute approximate surface area is 140 Å². The number of aryl methyl sites for hydroxylation is 3. The molecule has 0 aliphatic carbocycles. The van der Waals surface area contributed by atoms with E-state index in [1.54, 1.807) is 0 Å². The minimum Gasteiger partial charge on any atom is -0.353 e. The Morgan fingerprint density at radius 2 is 2.00 bits per heavy atom. The van der Waals surface area contributed by atoms with Crippen molar-refractivity contribution in [3.8, 4) is 10.6 Å². The molecule has 0 atom stereocenters. The van der Waals surface area contributed by atoms with Crippen molar-refractivity contribution in [3.05, 3.63) is 45.3 Å². The summed E-state index contributed by atoms with van der Waals surface area (Å²) in [6.07, 6.45) is 3.19. The lowest BCUT2D eigenvalue weighted by molar-refractivity contribution is 0.748. The van der Waals surface area contributed by atoms with Crippen LogP contribution in [0.5, 0.6) is 0 Å². The molecule has 0 fully saturated rings. The topological polar surface area (TPSA) is 41.8 Å². The van der Waals surface area contributed by atoms with Crippen molar-refractivity contribution < 1.29 is 0 Å². The summed E-state index contributed by atoms with van der Waals surface area (Å²) in [5.74, 6) is 0. The molecule has 2 aromatic heterocycles. The van der Waals surface area contributed by atoms with Crippen LogP contribution in [0.4, 0.5) is 0 Å². The second kappa shape index (κ2) is 6.45. The van der Waals surface area contributed by atoms with Crippen LogP contribution in [-0.2, 0) is 6.42 Å². The minimum atomic E-state index is 0.746. The van der Waals surface area contributed by atoms with E-state index in [1.807, 2.05) is 17.4 Å². The fourth-order valence-electron chi connectivity index (χ4n) is 2.97. The van der Waals surface area contributed by atoms with Crippen molar-refractivity contribution in [3.63, 3.8) is 0 Å². The Morgan fingerprint density at radius 3 is 2.68 bits per heavy atom. The van der Waals surface area contributed by atoms with Gasteiger partial charge in [-0.05, 0) is 75.0 Å². The summed E-state index contributed by atoms with van der Waals surface area (Å²) < 4.78 is 0. The maximum absolute atomic E-state index is 6.29. The van der Waals surface area contributed by atoms with Crippen molar-refractivity contribution in [1.29, 1.82) is 0 Å². The second-order valence-corrected chi connectivity index (χ2v) is 7.50. The molecular weight excluding hydrogens is 312 g/mol. The fourth-order valence-corrected chi connectivity index (χ4v) is 4.14. The fraction of sp³-hybridized carbons (Fsp3) is 0.333. The Morgan fingerprint density at radius 1 is 1.18 bits per heavy atom. The molecule has 0 spiro atoms. The monoisotopic (exact) mass is 332 g/mol.